The Hall–Kier alpha value is -7.10. The molecule has 8 aromatic rings. The quantitative estimate of drug-likeness (QED) is 0.177. The zero-order chi connectivity index (χ0) is 43.4. The van der Waals surface area contributed by atoms with E-state index in [1.54, 1.807) is 0 Å². The molecule has 0 aliphatic heterocycles. The first-order valence-electron chi connectivity index (χ1n) is 24.5. The molecule has 15 rings (SSSR count). The van der Waals surface area contributed by atoms with E-state index >= 15 is 0 Å². The Kier molecular flexibility index (Phi) is 7.72. The summed E-state index contributed by atoms with van der Waals surface area (Å²) in [6, 6.07) is 39.5. The predicted molar refractivity (Wildman–Crippen MR) is 274 cm³/mol. The average molecular weight is 848 g/mol. The van der Waals surface area contributed by atoms with Crippen LogP contribution in [-0.4, -0.2) is 14.5 Å². The van der Waals surface area contributed by atoms with Crippen LogP contribution < -0.4 is 0 Å². The van der Waals surface area contributed by atoms with Crippen LogP contribution in [0.4, 0.5) is 0 Å². The van der Waals surface area contributed by atoms with Crippen molar-refractivity contribution in [1.82, 2.24) is 14.5 Å². The molecule has 0 saturated carbocycles. The second kappa shape index (κ2) is 13.7. The number of fused-ring (bicyclic) bond motifs is 18. The fourth-order valence-corrected chi connectivity index (χ4v) is 13.9. The standard InChI is InChI=1S/C63H49N3/c1-35-13-11-24-53-54(35)60(41-26-25-40-33-39-15-4-5-17-44(39)52(40)34-41)65-63(64-53)38-27-30-42(31-28-38)66-61-45-18-6-3-14-37(45)29-32-51(61)59-58-50-23-12-22-47-46-19-8-7-16-43(46)36(2)55(56(47)50)57(58)48-20-9-10-21-49(48)62(59)66/h3-5,7-12,14-17,19-27,29-32,34-36,38,40,52,55H,6,13,18,28,33H2,1-2H3. The highest BCUT2D eigenvalue weighted by molar-refractivity contribution is 6.28. The van der Waals surface area contributed by atoms with Gasteiger partial charge in [-0.1, -0.05) is 166 Å². The number of nitrogens with zero attached hydrogens (tertiary/aromatic N) is 3. The highest BCUT2D eigenvalue weighted by Gasteiger charge is 2.43. The van der Waals surface area contributed by atoms with E-state index in [1.807, 2.05) is 0 Å². The van der Waals surface area contributed by atoms with Crippen molar-refractivity contribution >= 4 is 56.0 Å². The van der Waals surface area contributed by atoms with Gasteiger partial charge in [-0.05, 0) is 134 Å². The van der Waals surface area contributed by atoms with E-state index in [1.165, 1.54) is 111 Å². The minimum Gasteiger partial charge on any atom is -0.309 e. The Bertz CT molecular complexity index is 3690. The van der Waals surface area contributed by atoms with Crippen LogP contribution >= 0.6 is 0 Å². The van der Waals surface area contributed by atoms with Crippen molar-refractivity contribution in [3.63, 3.8) is 0 Å². The summed E-state index contributed by atoms with van der Waals surface area (Å²) in [4.78, 5) is 11.0. The van der Waals surface area contributed by atoms with Crippen molar-refractivity contribution in [2.45, 2.75) is 75.5 Å². The van der Waals surface area contributed by atoms with Gasteiger partial charge in [-0.15, -0.1) is 0 Å². The third kappa shape index (κ3) is 4.98. The number of aryl methyl sites for hydroxylation is 1. The molecule has 2 heterocycles. The topological polar surface area (TPSA) is 30.7 Å². The average Bonchev–Trinajstić information content (AvgIpc) is 4.04. The Morgan fingerprint density at radius 1 is 0.636 bits per heavy atom. The molecule has 0 N–H and O–H groups in total. The second-order valence-corrected chi connectivity index (χ2v) is 20.2. The number of aromatic nitrogens is 3. The fourth-order valence-electron chi connectivity index (χ4n) is 13.9. The lowest BCUT2D eigenvalue weighted by Crippen LogP contribution is -2.16. The molecular weight excluding hydrogens is 799 g/mol. The summed E-state index contributed by atoms with van der Waals surface area (Å²) in [5, 5.41) is 5.48. The van der Waals surface area contributed by atoms with Crippen LogP contribution in [0, 0.1) is 5.92 Å². The molecule has 0 fully saturated rings. The summed E-state index contributed by atoms with van der Waals surface area (Å²) in [7, 11) is 0. The van der Waals surface area contributed by atoms with Gasteiger partial charge in [0.2, 0.25) is 0 Å². The Morgan fingerprint density at radius 2 is 1.47 bits per heavy atom. The van der Waals surface area contributed by atoms with E-state index in [0.29, 0.717) is 29.6 Å². The molecule has 7 aliphatic carbocycles. The molecule has 2 aromatic heterocycles. The van der Waals surface area contributed by atoms with E-state index in [0.717, 1.165) is 49.3 Å². The van der Waals surface area contributed by atoms with Crippen LogP contribution in [0.15, 0.2) is 152 Å². The first kappa shape index (κ1) is 37.2. The van der Waals surface area contributed by atoms with Crippen LogP contribution in [0.5, 0.6) is 0 Å². The Morgan fingerprint density at radius 3 is 2.38 bits per heavy atom. The largest absolute Gasteiger partial charge is 0.309 e. The summed E-state index contributed by atoms with van der Waals surface area (Å²) in [5.74, 6) is 2.91. The molecule has 3 nitrogen and oxygen atoms in total. The molecule has 7 aliphatic rings. The molecule has 6 unspecified atom stereocenters. The monoisotopic (exact) mass is 847 g/mol. The van der Waals surface area contributed by atoms with Crippen molar-refractivity contribution in [3.8, 4) is 22.3 Å². The molecule has 6 aromatic carbocycles. The van der Waals surface area contributed by atoms with Gasteiger partial charge in [-0.2, -0.15) is 0 Å². The maximum Gasteiger partial charge on any atom is 0.136 e. The van der Waals surface area contributed by atoms with Crippen molar-refractivity contribution < 1.29 is 0 Å². The lowest BCUT2D eigenvalue weighted by molar-refractivity contribution is 0.631. The van der Waals surface area contributed by atoms with Crippen LogP contribution in [0.3, 0.4) is 0 Å². The summed E-state index contributed by atoms with van der Waals surface area (Å²) >= 11 is 0. The van der Waals surface area contributed by atoms with E-state index in [2.05, 4.69) is 182 Å². The maximum atomic E-state index is 5.59. The number of hydrogen-bond acceptors (Lipinski definition) is 2. The van der Waals surface area contributed by atoms with Crippen molar-refractivity contribution in [2.75, 3.05) is 0 Å². The number of benzene rings is 6. The van der Waals surface area contributed by atoms with Crippen molar-refractivity contribution in [3.05, 3.63) is 213 Å². The van der Waals surface area contributed by atoms with Gasteiger partial charge in [0.1, 0.15) is 5.82 Å². The second-order valence-electron chi connectivity index (χ2n) is 20.2. The van der Waals surface area contributed by atoms with Gasteiger partial charge in [-0.25, -0.2) is 9.97 Å². The normalized spacial score (nSPS) is 23.5. The van der Waals surface area contributed by atoms with E-state index in [4.69, 9.17) is 9.97 Å². The number of allylic oxidation sites excluding steroid dienone is 10. The van der Waals surface area contributed by atoms with Gasteiger partial charge in [0.15, 0.2) is 0 Å². The van der Waals surface area contributed by atoms with E-state index in [-0.39, 0.29) is 5.92 Å². The maximum absolute atomic E-state index is 5.59. The lowest BCUT2D eigenvalue weighted by atomic mass is 9.71. The van der Waals surface area contributed by atoms with Crippen LogP contribution in [-0.2, 0) is 12.8 Å². The number of hydrogen-bond donors (Lipinski definition) is 0. The summed E-state index contributed by atoms with van der Waals surface area (Å²) < 4.78 is 2.67. The van der Waals surface area contributed by atoms with Gasteiger partial charge in [0.25, 0.3) is 0 Å². The minimum atomic E-state index is 0.0678. The zero-order valence-electron chi connectivity index (χ0n) is 37.4. The first-order chi connectivity index (χ1) is 32.6. The third-order valence-corrected chi connectivity index (χ3v) is 16.8. The molecule has 3 heteroatoms. The van der Waals surface area contributed by atoms with Crippen LogP contribution in [0.1, 0.15) is 124 Å². The van der Waals surface area contributed by atoms with Gasteiger partial charge >= 0.3 is 0 Å². The molecule has 316 valence electrons. The molecule has 66 heavy (non-hydrogen) atoms. The highest BCUT2D eigenvalue weighted by atomic mass is 15.0. The number of rotatable bonds is 3. The van der Waals surface area contributed by atoms with Gasteiger partial charge in [0, 0.05) is 45.2 Å². The van der Waals surface area contributed by atoms with Crippen molar-refractivity contribution in [1.29, 1.82) is 0 Å². The Balaban J connectivity index is 0.916. The van der Waals surface area contributed by atoms with Crippen LogP contribution in [0.2, 0.25) is 0 Å². The predicted octanol–water partition coefficient (Wildman–Crippen LogP) is 15.6. The zero-order valence-corrected chi connectivity index (χ0v) is 37.4. The smallest absolute Gasteiger partial charge is 0.136 e. The molecule has 0 saturated heterocycles. The highest BCUT2D eigenvalue weighted by Crippen LogP contribution is 2.62. The minimum absolute atomic E-state index is 0.0678. The van der Waals surface area contributed by atoms with E-state index in [9.17, 15) is 0 Å². The molecule has 0 spiro atoms. The fraction of sp³-hybridized carbons (Fsp3) is 0.206. The third-order valence-electron chi connectivity index (χ3n) is 16.8. The molecule has 0 bridgehead atoms. The van der Waals surface area contributed by atoms with Gasteiger partial charge in [0.05, 0.1) is 22.4 Å². The molecule has 0 radical (unpaired) electrons. The summed E-state index contributed by atoms with van der Waals surface area (Å²) in [6.07, 6.45) is 28.9. The van der Waals surface area contributed by atoms with Gasteiger partial charge < -0.3 is 4.57 Å². The first-order valence-corrected chi connectivity index (χ1v) is 24.5. The Labute approximate surface area is 386 Å². The molecular formula is C63H49N3. The van der Waals surface area contributed by atoms with Crippen molar-refractivity contribution in [2.24, 2.45) is 5.92 Å². The molecule has 6 atom stereocenters. The van der Waals surface area contributed by atoms with Gasteiger partial charge in [-0.3, -0.25) is 0 Å². The SMILES string of the molecule is CC1CC=Cc2nc(C3C=CC(n4c5c6c(ccc5c5c7c(c8ccccc8c54)C4c5c(cccc5-7)-c5ccccc5C4C)C=CCC6)=CC3)nc(C3=CC4c5ccccc5CC4C=C3)c21. The van der Waals surface area contributed by atoms with E-state index < -0.39 is 0 Å². The van der Waals surface area contributed by atoms with Crippen LogP contribution in [0.25, 0.3) is 78.3 Å². The molecule has 0 amide bonds. The lowest BCUT2D eigenvalue weighted by Gasteiger charge is -2.32. The summed E-state index contributed by atoms with van der Waals surface area (Å²) in [6.45, 7) is 4.81. The summed E-state index contributed by atoms with van der Waals surface area (Å²) in [5.41, 5.74) is 24.6.